The summed E-state index contributed by atoms with van der Waals surface area (Å²) in [6.07, 6.45) is 1.09. The first-order chi connectivity index (χ1) is 8.83. The molecule has 0 radical (unpaired) electrons. The average molecular weight is 260 g/mol. The Morgan fingerprint density at radius 1 is 0.944 bits per heavy atom. The van der Waals surface area contributed by atoms with E-state index in [2.05, 4.69) is 48.6 Å². The Kier molecular flexibility index (Phi) is 4.66. The van der Waals surface area contributed by atoms with Crippen LogP contribution in [0.2, 0.25) is 0 Å². The lowest BCUT2D eigenvalue weighted by atomic mass is 10.1. The second kappa shape index (κ2) is 6.46. The first kappa shape index (κ1) is 13.0. The van der Waals surface area contributed by atoms with Gasteiger partial charge in [-0.15, -0.1) is 11.6 Å². The van der Waals surface area contributed by atoms with Crippen LogP contribution in [0, 0.1) is 0 Å². The van der Waals surface area contributed by atoms with Crippen molar-refractivity contribution < 1.29 is 0 Å². The topological polar surface area (TPSA) is 12.0 Å². The summed E-state index contributed by atoms with van der Waals surface area (Å²) in [7, 11) is 0. The highest BCUT2D eigenvalue weighted by Gasteiger charge is 2.00. The third kappa shape index (κ3) is 3.27. The van der Waals surface area contributed by atoms with E-state index < -0.39 is 0 Å². The van der Waals surface area contributed by atoms with Gasteiger partial charge in [0.1, 0.15) is 0 Å². The molecule has 0 atom stereocenters. The van der Waals surface area contributed by atoms with Gasteiger partial charge in [-0.05, 0) is 29.2 Å². The lowest BCUT2D eigenvalue weighted by Gasteiger charge is -2.10. The Morgan fingerprint density at radius 2 is 1.61 bits per heavy atom. The summed E-state index contributed by atoms with van der Waals surface area (Å²) in [6.45, 7) is 3.00. The van der Waals surface area contributed by atoms with Gasteiger partial charge in [-0.1, -0.05) is 49.4 Å². The van der Waals surface area contributed by atoms with Crippen LogP contribution in [0.15, 0.2) is 48.5 Å². The van der Waals surface area contributed by atoms with Gasteiger partial charge >= 0.3 is 0 Å². The van der Waals surface area contributed by atoms with Gasteiger partial charge in [-0.2, -0.15) is 0 Å². The van der Waals surface area contributed by atoms with E-state index in [0.29, 0.717) is 5.88 Å². The number of halogens is 1. The molecule has 0 unspecified atom stereocenters. The minimum absolute atomic E-state index is 0.540. The van der Waals surface area contributed by atoms with E-state index in [4.69, 9.17) is 11.6 Å². The van der Waals surface area contributed by atoms with Crippen molar-refractivity contribution in [3.05, 3.63) is 65.2 Å². The van der Waals surface area contributed by atoms with E-state index in [1.54, 1.807) is 0 Å². The zero-order valence-electron chi connectivity index (χ0n) is 10.6. The van der Waals surface area contributed by atoms with Crippen LogP contribution in [0.5, 0.6) is 0 Å². The summed E-state index contributed by atoms with van der Waals surface area (Å²) in [6, 6.07) is 16.9. The fourth-order valence-electron chi connectivity index (χ4n) is 1.90. The second-order valence-electron chi connectivity index (χ2n) is 4.31. The minimum Gasteiger partial charge on any atom is -0.381 e. The van der Waals surface area contributed by atoms with Crippen molar-refractivity contribution in [2.75, 3.05) is 5.32 Å². The van der Waals surface area contributed by atoms with Gasteiger partial charge < -0.3 is 5.32 Å². The molecule has 2 aromatic carbocycles. The number of aryl methyl sites for hydroxylation is 1. The predicted octanol–water partition coefficient (Wildman–Crippen LogP) is 4.60. The van der Waals surface area contributed by atoms with E-state index >= 15 is 0 Å². The molecule has 2 aromatic rings. The van der Waals surface area contributed by atoms with Crippen LogP contribution in [0.3, 0.4) is 0 Å². The van der Waals surface area contributed by atoms with Crippen molar-refractivity contribution >= 4 is 17.3 Å². The smallest absolute Gasteiger partial charge is 0.0494 e. The Hall–Kier alpha value is -1.47. The van der Waals surface area contributed by atoms with E-state index in [1.165, 1.54) is 11.1 Å². The Morgan fingerprint density at radius 3 is 2.28 bits per heavy atom. The molecule has 0 aliphatic carbocycles. The predicted molar refractivity (Wildman–Crippen MR) is 79.1 cm³/mol. The third-order valence-corrected chi connectivity index (χ3v) is 3.36. The number of para-hydroxylation sites is 1. The third-order valence-electron chi connectivity index (χ3n) is 3.08. The van der Waals surface area contributed by atoms with Gasteiger partial charge in [0, 0.05) is 18.1 Å². The van der Waals surface area contributed by atoms with Gasteiger partial charge in [-0.3, -0.25) is 0 Å². The van der Waals surface area contributed by atoms with Crippen LogP contribution >= 0.6 is 11.6 Å². The van der Waals surface area contributed by atoms with Gasteiger partial charge in [0.05, 0.1) is 0 Å². The zero-order valence-corrected chi connectivity index (χ0v) is 11.4. The van der Waals surface area contributed by atoms with Crippen LogP contribution in [-0.4, -0.2) is 0 Å². The molecule has 1 N–H and O–H groups in total. The molecular formula is C16H18ClN. The second-order valence-corrected chi connectivity index (χ2v) is 4.58. The maximum Gasteiger partial charge on any atom is 0.0494 e. The summed E-state index contributed by atoms with van der Waals surface area (Å²) in [5.74, 6) is 0.540. The average Bonchev–Trinajstić information content (AvgIpc) is 2.46. The summed E-state index contributed by atoms with van der Waals surface area (Å²) >= 11 is 5.91. The van der Waals surface area contributed by atoms with E-state index in [9.17, 15) is 0 Å². The van der Waals surface area contributed by atoms with Crippen molar-refractivity contribution in [1.82, 2.24) is 0 Å². The van der Waals surface area contributed by atoms with Gasteiger partial charge in [0.2, 0.25) is 0 Å². The van der Waals surface area contributed by atoms with E-state index in [-0.39, 0.29) is 0 Å². The quantitative estimate of drug-likeness (QED) is 0.774. The van der Waals surface area contributed by atoms with Crippen LogP contribution in [0.1, 0.15) is 23.6 Å². The van der Waals surface area contributed by atoms with Gasteiger partial charge in [0.15, 0.2) is 0 Å². The Bertz CT molecular complexity index is 491. The highest BCUT2D eigenvalue weighted by molar-refractivity contribution is 6.17. The molecule has 0 saturated carbocycles. The van der Waals surface area contributed by atoms with Crippen molar-refractivity contribution in [2.45, 2.75) is 25.8 Å². The Labute approximate surface area is 114 Å². The van der Waals surface area contributed by atoms with Crippen LogP contribution in [-0.2, 0) is 18.8 Å². The Balaban J connectivity index is 2.02. The van der Waals surface area contributed by atoms with Crippen molar-refractivity contribution in [3.63, 3.8) is 0 Å². The first-order valence-electron chi connectivity index (χ1n) is 6.29. The van der Waals surface area contributed by atoms with Crippen molar-refractivity contribution in [1.29, 1.82) is 0 Å². The molecule has 18 heavy (non-hydrogen) atoms. The number of anilines is 1. The zero-order chi connectivity index (χ0) is 12.8. The molecule has 2 heteroatoms. The highest BCUT2D eigenvalue weighted by Crippen LogP contribution is 2.18. The molecule has 0 amide bonds. The highest BCUT2D eigenvalue weighted by atomic mass is 35.5. The molecule has 0 heterocycles. The van der Waals surface area contributed by atoms with Crippen LogP contribution in [0.25, 0.3) is 0 Å². The van der Waals surface area contributed by atoms with Gasteiger partial charge in [0.25, 0.3) is 0 Å². The number of nitrogens with one attached hydrogen (secondary N) is 1. The monoisotopic (exact) mass is 259 g/mol. The number of hydrogen-bond donors (Lipinski definition) is 1. The molecule has 0 aliphatic rings. The fraction of sp³-hybridized carbons (Fsp3) is 0.250. The van der Waals surface area contributed by atoms with Gasteiger partial charge in [-0.25, -0.2) is 0 Å². The molecule has 0 aliphatic heterocycles. The lowest BCUT2D eigenvalue weighted by molar-refractivity contribution is 1.10. The SMILES string of the molecule is CCc1ccc(CNc2ccccc2CCl)cc1. The van der Waals surface area contributed by atoms with E-state index in [0.717, 1.165) is 24.2 Å². The molecule has 0 saturated heterocycles. The summed E-state index contributed by atoms with van der Waals surface area (Å²) in [5.41, 5.74) is 4.92. The number of benzene rings is 2. The summed E-state index contributed by atoms with van der Waals surface area (Å²) in [5, 5.41) is 3.43. The van der Waals surface area contributed by atoms with Crippen LogP contribution in [0.4, 0.5) is 5.69 Å². The fourth-order valence-corrected chi connectivity index (χ4v) is 2.13. The van der Waals surface area contributed by atoms with Crippen LogP contribution < -0.4 is 5.32 Å². The normalized spacial score (nSPS) is 10.3. The number of alkyl halides is 1. The molecule has 0 fully saturated rings. The minimum atomic E-state index is 0.540. The summed E-state index contributed by atoms with van der Waals surface area (Å²) in [4.78, 5) is 0. The largest absolute Gasteiger partial charge is 0.381 e. The molecule has 0 bridgehead atoms. The first-order valence-corrected chi connectivity index (χ1v) is 6.82. The molecular weight excluding hydrogens is 242 g/mol. The lowest BCUT2D eigenvalue weighted by Crippen LogP contribution is -2.01. The maximum atomic E-state index is 5.91. The molecule has 0 aromatic heterocycles. The standard InChI is InChI=1S/C16H18ClN/c1-2-13-7-9-14(10-8-13)12-18-16-6-4-3-5-15(16)11-17/h3-10,18H,2,11-12H2,1H3. The number of rotatable bonds is 5. The maximum absolute atomic E-state index is 5.91. The van der Waals surface area contributed by atoms with E-state index in [1.807, 2.05) is 12.1 Å². The molecule has 94 valence electrons. The van der Waals surface area contributed by atoms with Crippen molar-refractivity contribution in [3.8, 4) is 0 Å². The molecule has 0 spiro atoms. The molecule has 1 nitrogen and oxygen atoms in total. The summed E-state index contributed by atoms with van der Waals surface area (Å²) < 4.78 is 0. The number of hydrogen-bond acceptors (Lipinski definition) is 1. The molecule has 2 rings (SSSR count). The van der Waals surface area contributed by atoms with Crippen molar-refractivity contribution in [2.24, 2.45) is 0 Å².